The Bertz CT molecular complexity index is 2820. The molecular weight excluding hydrogens is 731 g/mol. The van der Waals surface area contributed by atoms with Gasteiger partial charge in [0.25, 0.3) is 0 Å². The van der Waals surface area contributed by atoms with Crippen LogP contribution in [0.1, 0.15) is 70.5 Å². The van der Waals surface area contributed by atoms with Crippen molar-refractivity contribution in [2.75, 3.05) is 0 Å². The van der Waals surface area contributed by atoms with Gasteiger partial charge >= 0.3 is 0 Å². The minimum atomic E-state index is 0.0111. The number of pyridine rings is 1. The van der Waals surface area contributed by atoms with Gasteiger partial charge in [0.1, 0.15) is 11.6 Å². The van der Waals surface area contributed by atoms with Crippen LogP contribution in [0.4, 0.5) is 0 Å². The number of benzene rings is 6. The number of fused-ring (bicyclic) bond motifs is 3. The summed E-state index contributed by atoms with van der Waals surface area (Å²) in [6.45, 7) is 13.7. The Kier molecular flexibility index (Phi) is 10.2. The van der Waals surface area contributed by atoms with Gasteiger partial charge in [-0.05, 0) is 87.4 Å². The van der Waals surface area contributed by atoms with Crippen molar-refractivity contribution in [2.45, 2.75) is 71.6 Å². The largest absolute Gasteiger partial charge is 0.294 e. The lowest BCUT2D eigenvalue weighted by molar-refractivity contribution is 0.590. The SMILES string of the molecule is CC(C)(C)c1ccc2c(c1)c1cc(C(C)(C)C)ccc1n2-c1ncc(-c2ccccc2-c2ccccc2)cc1CCCc1nc(-c2ccccc2)nc(-c2ccccc2)n1. The summed E-state index contributed by atoms with van der Waals surface area (Å²) in [6.07, 6.45) is 4.35. The van der Waals surface area contributed by atoms with Crippen LogP contribution in [0.3, 0.4) is 0 Å². The maximum Gasteiger partial charge on any atom is 0.163 e. The van der Waals surface area contributed by atoms with Crippen LogP contribution in [0, 0.1) is 0 Å². The topological polar surface area (TPSA) is 56.5 Å². The first-order chi connectivity index (χ1) is 29.0. The van der Waals surface area contributed by atoms with E-state index in [1.807, 2.05) is 36.4 Å². The molecule has 9 aromatic rings. The standard InChI is InChI=1S/C55H51N5/c1-54(2,3)42-29-31-48-46(34-42)47-35-43(55(4,5)6)30-32-49(47)60(48)53-40(33-41(36-56-53)45-27-17-16-26-44(45)37-19-10-7-11-20-37)25-18-28-50-57-51(38-21-12-8-13-22-38)59-52(58-50)39-23-14-9-15-24-39/h7-17,19-24,26-27,29-36H,18,25,28H2,1-6H3. The lowest BCUT2D eigenvalue weighted by Gasteiger charge is -2.19. The summed E-state index contributed by atoms with van der Waals surface area (Å²) >= 11 is 0. The molecule has 3 aromatic heterocycles. The van der Waals surface area contributed by atoms with E-state index in [4.69, 9.17) is 19.9 Å². The fourth-order valence-electron chi connectivity index (χ4n) is 8.23. The second-order valence-corrected chi connectivity index (χ2v) is 17.9. The molecule has 0 saturated heterocycles. The minimum absolute atomic E-state index is 0.0111. The molecule has 0 saturated carbocycles. The van der Waals surface area contributed by atoms with E-state index >= 15 is 0 Å². The van der Waals surface area contributed by atoms with Crippen LogP contribution in [0.2, 0.25) is 0 Å². The molecule has 0 fully saturated rings. The van der Waals surface area contributed by atoms with Crippen molar-refractivity contribution in [3.8, 4) is 50.8 Å². The first-order valence-electron chi connectivity index (χ1n) is 21.1. The highest BCUT2D eigenvalue weighted by atomic mass is 15.1. The van der Waals surface area contributed by atoms with E-state index in [0.717, 1.165) is 57.8 Å². The normalized spacial score (nSPS) is 12.0. The van der Waals surface area contributed by atoms with Crippen molar-refractivity contribution in [3.63, 3.8) is 0 Å². The van der Waals surface area contributed by atoms with Crippen molar-refractivity contribution >= 4 is 21.8 Å². The van der Waals surface area contributed by atoms with Crippen LogP contribution in [-0.2, 0) is 23.7 Å². The highest BCUT2D eigenvalue weighted by molar-refractivity contribution is 6.10. The summed E-state index contributed by atoms with van der Waals surface area (Å²) in [4.78, 5) is 20.4. The summed E-state index contributed by atoms with van der Waals surface area (Å²) in [5, 5.41) is 2.50. The molecule has 0 aliphatic rings. The molecule has 0 unspecified atom stereocenters. The number of rotatable bonds is 9. The zero-order chi connectivity index (χ0) is 41.4. The molecule has 3 heterocycles. The molecular formula is C55H51N5. The molecule has 296 valence electrons. The third kappa shape index (κ3) is 7.76. The highest BCUT2D eigenvalue weighted by Crippen LogP contribution is 2.39. The Morgan fingerprint density at radius 2 is 0.917 bits per heavy atom. The van der Waals surface area contributed by atoms with E-state index in [9.17, 15) is 0 Å². The van der Waals surface area contributed by atoms with Crippen molar-refractivity contribution in [3.05, 3.63) is 186 Å². The van der Waals surface area contributed by atoms with Gasteiger partial charge in [-0.1, -0.05) is 169 Å². The minimum Gasteiger partial charge on any atom is -0.294 e. The second kappa shape index (κ2) is 15.8. The van der Waals surface area contributed by atoms with Crippen LogP contribution < -0.4 is 0 Å². The number of aromatic nitrogens is 5. The fraction of sp³-hybridized carbons (Fsp3) is 0.200. The number of aryl methyl sites for hydroxylation is 2. The predicted molar refractivity (Wildman–Crippen MR) is 250 cm³/mol. The summed E-state index contributed by atoms with van der Waals surface area (Å²) in [5.41, 5.74) is 12.7. The number of hydrogen-bond donors (Lipinski definition) is 0. The maximum absolute atomic E-state index is 5.43. The van der Waals surface area contributed by atoms with Gasteiger partial charge in [0.05, 0.1) is 11.0 Å². The van der Waals surface area contributed by atoms with E-state index < -0.39 is 0 Å². The third-order valence-corrected chi connectivity index (χ3v) is 11.6. The molecule has 9 rings (SSSR count). The van der Waals surface area contributed by atoms with Crippen LogP contribution in [0.5, 0.6) is 0 Å². The molecule has 0 spiro atoms. The molecule has 0 atom stereocenters. The van der Waals surface area contributed by atoms with E-state index in [-0.39, 0.29) is 10.8 Å². The second-order valence-electron chi connectivity index (χ2n) is 17.9. The zero-order valence-corrected chi connectivity index (χ0v) is 35.4. The van der Waals surface area contributed by atoms with Crippen LogP contribution in [0.15, 0.2) is 164 Å². The van der Waals surface area contributed by atoms with Gasteiger partial charge < -0.3 is 0 Å². The van der Waals surface area contributed by atoms with Crippen LogP contribution >= 0.6 is 0 Å². The van der Waals surface area contributed by atoms with Crippen molar-refractivity contribution in [1.82, 2.24) is 24.5 Å². The predicted octanol–water partition coefficient (Wildman–Crippen LogP) is 13.8. The number of hydrogen-bond acceptors (Lipinski definition) is 4. The molecule has 0 aliphatic carbocycles. The van der Waals surface area contributed by atoms with Gasteiger partial charge in [0, 0.05) is 40.1 Å². The average molecular weight is 782 g/mol. The molecule has 5 nitrogen and oxygen atoms in total. The molecule has 60 heavy (non-hydrogen) atoms. The molecule has 0 radical (unpaired) electrons. The van der Waals surface area contributed by atoms with E-state index in [1.165, 1.54) is 38.6 Å². The fourth-order valence-corrected chi connectivity index (χ4v) is 8.23. The first kappa shape index (κ1) is 38.8. The summed E-state index contributed by atoms with van der Waals surface area (Å²) < 4.78 is 2.40. The highest BCUT2D eigenvalue weighted by Gasteiger charge is 2.23. The Morgan fingerprint density at radius 3 is 1.42 bits per heavy atom. The third-order valence-electron chi connectivity index (χ3n) is 11.6. The van der Waals surface area contributed by atoms with Gasteiger partial charge in [-0.15, -0.1) is 0 Å². The van der Waals surface area contributed by atoms with E-state index in [0.29, 0.717) is 18.1 Å². The lowest BCUT2D eigenvalue weighted by Crippen LogP contribution is -2.10. The molecule has 0 bridgehead atoms. The van der Waals surface area contributed by atoms with Gasteiger partial charge in [-0.2, -0.15) is 0 Å². The monoisotopic (exact) mass is 781 g/mol. The Balaban J connectivity index is 1.19. The van der Waals surface area contributed by atoms with Gasteiger partial charge in [0.15, 0.2) is 11.6 Å². The Morgan fingerprint density at radius 1 is 0.450 bits per heavy atom. The Hall–Kier alpha value is -6.72. The average Bonchev–Trinajstić information content (AvgIpc) is 3.59. The molecule has 0 aliphatic heterocycles. The maximum atomic E-state index is 5.43. The summed E-state index contributed by atoms with van der Waals surface area (Å²) in [7, 11) is 0. The summed E-state index contributed by atoms with van der Waals surface area (Å²) in [6, 6.07) is 56.1. The molecule has 0 amide bonds. The first-order valence-corrected chi connectivity index (χ1v) is 21.1. The lowest BCUT2D eigenvalue weighted by atomic mass is 9.85. The van der Waals surface area contributed by atoms with Gasteiger partial charge in [-0.25, -0.2) is 19.9 Å². The molecule has 5 heteroatoms. The van der Waals surface area contributed by atoms with Gasteiger partial charge in [0.2, 0.25) is 0 Å². The Labute approximate surface area is 353 Å². The van der Waals surface area contributed by atoms with E-state index in [2.05, 4.69) is 174 Å². The summed E-state index contributed by atoms with van der Waals surface area (Å²) in [5.74, 6) is 3.12. The smallest absolute Gasteiger partial charge is 0.163 e. The van der Waals surface area contributed by atoms with Crippen molar-refractivity contribution in [1.29, 1.82) is 0 Å². The van der Waals surface area contributed by atoms with Crippen molar-refractivity contribution in [2.24, 2.45) is 0 Å². The van der Waals surface area contributed by atoms with Crippen LogP contribution in [-0.4, -0.2) is 24.5 Å². The quantitative estimate of drug-likeness (QED) is 0.146. The zero-order valence-electron chi connectivity index (χ0n) is 35.4. The van der Waals surface area contributed by atoms with Gasteiger partial charge in [-0.3, -0.25) is 4.57 Å². The molecule has 6 aromatic carbocycles. The number of nitrogens with zero attached hydrogens (tertiary/aromatic N) is 5. The molecule has 0 N–H and O–H groups in total. The van der Waals surface area contributed by atoms with Crippen molar-refractivity contribution < 1.29 is 0 Å². The van der Waals surface area contributed by atoms with E-state index in [1.54, 1.807) is 0 Å². The van der Waals surface area contributed by atoms with Crippen LogP contribution in [0.25, 0.3) is 72.7 Å².